The second-order valence-corrected chi connectivity index (χ2v) is 5.31. The first-order valence-electron chi connectivity index (χ1n) is 7.06. The number of carbonyl (C=O) groups excluding carboxylic acids is 1. The van der Waals surface area contributed by atoms with Crippen LogP contribution in [0.5, 0.6) is 0 Å². The molecule has 0 aliphatic heterocycles. The number of nitrogens with zero attached hydrogens (tertiary/aromatic N) is 2. The Labute approximate surface area is 125 Å². The lowest BCUT2D eigenvalue weighted by Gasteiger charge is -2.15. The number of hydrogen-bond acceptors (Lipinski definition) is 3. The Morgan fingerprint density at radius 3 is 2.67 bits per heavy atom. The van der Waals surface area contributed by atoms with Crippen LogP contribution in [0, 0.1) is 20.8 Å². The predicted molar refractivity (Wildman–Crippen MR) is 84.1 cm³/mol. The van der Waals surface area contributed by atoms with E-state index < -0.39 is 0 Å². The molecular formula is C16H22N4O. The average Bonchev–Trinajstić information content (AvgIpc) is 2.74. The molecule has 112 valence electrons. The summed E-state index contributed by atoms with van der Waals surface area (Å²) in [6.45, 7) is 8.25. The third-order valence-corrected chi connectivity index (χ3v) is 3.86. The summed E-state index contributed by atoms with van der Waals surface area (Å²) >= 11 is 0. The average molecular weight is 286 g/mol. The van der Waals surface area contributed by atoms with Gasteiger partial charge in [0.2, 0.25) is 5.91 Å². The summed E-state index contributed by atoms with van der Waals surface area (Å²) in [6, 6.07) is 7.20. The molecule has 1 atom stereocenters. The molecule has 0 fully saturated rings. The minimum atomic E-state index is -0.362. The molecule has 0 aliphatic rings. The van der Waals surface area contributed by atoms with Gasteiger partial charge in [0.1, 0.15) is 6.04 Å². The predicted octanol–water partition coefficient (Wildman–Crippen LogP) is 2.47. The molecule has 0 radical (unpaired) electrons. The van der Waals surface area contributed by atoms with Crippen LogP contribution in [-0.4, -0.2) is 15.7 Å². The second kappa shape index (κ2) is 6.10. The maximum atomic E-state index is 12.4. The molecule has 2 aromatic rings. The van der Waals surface area contributed by atoms with Crippen LogP contribution in [0.25, 0.3) is 0 Å². The van der Waals surface area contributed by atoms with Crippen LogP contribution in [0.3, 0.4) is 0 Å². The maximum Gasteiger partial charge on any atom is 0.248 e. The third kappa shape index (κ3) is 3.13. The molecule has 5 heteroatoms. The van der Waals surface area contributed by atoms with Crippen molar-refractivity contribution in [1.29, 1.82) is 0 Å². The van der Waals surface area contributed by atoms with Crippen molar-refractivity contribution in [1.82, 2.24) is 9.78 Å². The van der Waals surface area contributed by atoms with Gasteiger partial charge in [0.15, 0.2) is 0 Å². The van der Waals surface area contributed by atoms with Crippen LogP contribution in [0.4, 0.5) is 5.69 Å². The van der Waals surface area contributed by atoms with E-state index in [1.54, 1.807) is 4.68 Å². The zero-order chi connectivity index (χ0) is 15.6. The second-order valence-electron chi connectivity index (χ2n) is 5.31. The number of anilines is 1. The fourth-order valence-electron chi connectivity index (χ4n) is 2.26. The molecule has 21 heavy (non-hydrogen) atoms. The van der Waals surface area contributed by atoms with Crippen molar-refractivity contribution in [2.75, 3.05) is 5.32 Å². The van der Waals surface area contributed by atoms with E-state index in [0.717, 1.165) is 28.2 Å². The van der Waals surface area contributed by atoms with E-state index in [9.17, 15) is 4.79 Å². The Morgan fingerprint density at radius 2 is 2.10 bits per heavy atom. The molecule has 0 saturated carbocycles. The number of hydrogen-bond donors (Lipinski definition) is 2. The largest absolute Gasteiger partial charge is 0.326 e. The topological polar surface area (TPSA) is 72.9 Å². The number of aryl methyl sites for hydroxylation is 1. The lowest BCUT2D eigenvalue weighted by atomic mass is 10.2. The summed E-state index contributed by atoms with van der Waals surface area (Å²) in [5.41, 5.74) is 10.5. The van der Waals surface area contributed by atoms with Gasteiger partial charge in [-0.05, 0) is 51.0 Å². The number of nitrogens with two attached hydrogens (primary N) is 1. The van der Waals surface area contributed by atoms with Gasteiger partial charge >= 0.3 is 0 Å². The molecule has 3 N–H and O–H groups in total. The van der Waals surface area contributed by atoms with E-state index in [0.29, 0.717) is 6.54 Å². The van der Waals surface area contributed by atoms with Gasteiger partial charge < -0.3 is 11.1 Å². The first kappa shape index (κ1) is 15.3. The van der Waals surface area contributed by atoms with Crippen molar-refractivity contribution >= 4 is 11.6 Å². The Morgan fingerprint density at radius 1 is 1.38 bits per heavy atom. The Bertz CT molecular complexity index is 660. The van der Waals surface area contributed by atoms with Crippen LogP contribution < -0.4 is 11.1 Å². The fraction of sp³-hybridized carbons (Fsp3) is 0.375. The lowest BCUT2D eigenvalue weighted by molar-refractivity contribution is -0.119. The highest BCUT2D eigenvalue weighted by Crippen LogP contribution is 2.18. The Balaban J connectivity index is 2.17. The summed E-state index contributed by atoms with van der Waals surface area (Å²) < 4.78 is 1.77. The first-order valence-corrected chi connectivity index (χ1v) is 7.06. The molecule has 0 bridgehead atoms. The van der Waals surface area contributed by atoms with Gasteiger partial charge in [-0.1, -0.05) is 12.1 Å². The molecule has 1 unspecified atom stereocenters. The maximum absolute atomic E-state index is 12.4. The van der Waals surface area contributed by atoms with E-state index in [2.05, 4.69) is 10.4 Å². The summed E-state index contributed by atoms with van der Waals surface area (Å²) in [5.74, 6) is -0.0882. The van der Waals surface area contributed by atoms with Gasteiger partial charge in [0, 0.05) is 17.9 Å². The van der Waals surface area contributed by atoms with Crippen molar-refractivity contribution < 1.29 is 4.79 Å². The number of carbonyl (C=O) groups is 1. The highest BCUT2D eigenvalue weighted by molar-refractivity contribution is 5.93. The highest BCUT2D eigenvalue weighted by Gasteiger charge is 2.19. The fourth-order valence-corrected chi connectivity index (χ4v) is 2.26. The number of rotatable bonds is 4. The molecule has 1 aromatic heterocycles. The van der Waals surface area contributed by atoms with Crippen LogP contribution in [-0.2, 0) is 11.3 Å². The zero-order valence-electron chi connectivity index (χ0n) is 13.0. The van der Waals surface area contributed by atoms with E-state index in [1.165, 1.54) is 0 Å². The normalized spacial score (nSPS) is 12.2. The molecule has 5 nitrogen and oxygen atoms in total. The summed E-state index contributed by atoms with van der Waals surface area (Å²) in [5, 5.41) is 7.36. The van der Waals surface area contributed by atoms with Crippen molar-refractivity contribution in [2.24, 2.45) is 5.73 Å². The van der Waals surface area contributed by atoms with E-state index in [1.807, 2.05) is 52.0 Å². The minimum absolute atomic E-state index is 0.0882. The summed E-state index contributed by atoms with van der Waals surface area (Å²) in [4.78, 5) is 12.4. The molecule has 0 spiro atoms. The lowest BCUT2D eigenvalue weighted by Crippen LogP contribution is -2.25. The smallest absolute Gasteiger partial charge is 0.248 e. The van der Waals surface area contributed by atoms with Gasteiger partial charge in [0.25, 0.3) is 0 Å². The van der Waals surface area contributed by atoms with E-state index in [-0.39, 0.29) is 11.9 Å². The van der Waals surface area contributed by atoms with Crippen LogP contribution in [0.15, 0.2) is 24.3 Å². The zero-order valence-corrected chi connectivity index (χ0v) is 13.0. The monoisotopic (exact) mass is 286 g/mol. The van der Waals surface area contributed by atoms with Crippen molar-refractivity contribution in [3.63, 3.8) is 0 Å². The molecule has 1 aromatic carbocycles. The Kier molecular flexibility index (Phi) is 4.43. The first-order chi connectivity index (χ1) is 9.93. The highest BCUT2D eigenvalue weighted by atomic mass is 16.2. The quantitative estimate of drug-likeness (QED) is 0.906. The third-order valence-electron chi connectivity index (χ3n) is 3.86. The standard InChI is InChI=1S/C16H22N4O/c1-10-11(2)19-20(12(10)3)13(4)16(21)18-15-7-5-6-14(8-15)9-17/h5-8,13H,9,17H2,1-4H3,(H,18,21). The SMILES string of the molecule is Cc1nn(C(C)C(=O)Nc2cccc(CN)c2)c(C)c1C. The summed E-state index contributed by atoms with van der Waals surface area (Å²) in [6.07, 6.45) is 0. The van der Waals surface area contributed by atoms with E-state index >= 15 is 0 Å². The van der Waals surface area contributed by atoms with Crippen molar-refractivity contribution in [3.05, 3.63) is 46.8 Å². The van der Waals surface area contributed by atoms with Crippen LogP contribution in [0.2, 0.25) is 0 Å². The van der Waals surface area contributed by atoms with Crippen LogP contribution in [0.1, 0.15) is 35.5 Å². The van der Waals surface area contributed by atoms with Crippen molar-refractivity contribution in [3.8, 4) is 0 Å². The van der Waals surface area contributed by atoms with Gasteiger partial charge in [-0.25, -0.2) is 0 Å². The number of amides is 1. The van der Waals surface area contributed by atoms with Gasteiger partial charge in [-0.2, -0.15) is 5.10 Å². The molecule has 2 rings (SSSR count). The number of aromatic nitrogens is 2. The van der Waals surface area contributed by atoms with Crippen molar-refractivity contribution in [2.45, 2.75) is 40.3 Å². The van der Waals surface area contributed by atoms with Gasteiger partial charge in [-0.3, -0.25) is 9.48 Å². The van der Waals surface area contributed by atoms with Gasteiger partial charge in [0.05, 0.1) is 5.69 Å². The van der Waals surface area contributed by atoms with Gasteiger partial charge in [-0.15, -0.1) is 0 Å². The van der Waals surface area contributed by atoms with Crippen LogP contribution >= 0.6 is 0 Å². The Hall–Kier alpha value is -2.14. The molecule has 0 aliphatic carbocycles. The number of nitrogens with one attached hydrogen (secondary N) is 1. The number of benzene rings is 1. The summed E-state index contributed by atoms with van der Waals surface area (Å²) in [7, 11) is 0. The molecule has 0 saturated heterocycles. The molecule has 1 heterocycles. The molecule has 1 amide bonds. The molecular weight excluding hydrogens is 264 g/mol. The minimum Gasteiger partial charge on any atom is -0.326 e. The van der Waals surface area contributed by atoms with E-state index in [4.69, 9.17) is 5.73 Å².